The lowest BCUT2D eigenvalue weighted by atomic mass is 9.78. The molecule has 2 heteroatoms. The van der Waals surface area contributed by atoms with E-state index in [1.807, 2.05) is 0 Å². The van der Waals surface area contributed by atoms with Crippen molar-refractivity contribution in [1.82, 2.24) is 0 Å². The standard InChI is InChI=1S/C25H32O2/c1-3-19-6-10-22(11-7-19)24-16-26-25(27-17-24)23-14-12-21(13-15-23)20-8-4-18(2)5-9-20/h4-11,21,23-25H,3,12-17H2,1-2H3. The summed E-state index contributed by atoms with van der Waals surface area (Å²) in [6.45, 7) is 5.92. The topological polar surface area (TPSA) is 18.5 Å². The minimum Gasteiger partial charge on any atom is -0.352 e. The van der Waals surface area contributed by atoms with Crippen LogP contribution in [0.2, 0.25) is 0 Å². The SMILES string of the molecule is CCc1ccc(C2COC(C3CCC(c4ccc(C)cc4)CC3)OC2)cc1. The largest absolute Gasteiger partial charge is 0.352 e. The van der Waals surface area contributed by atoms with Crippen molar-refractivity contribution >= 4 is 0 Å². The minimum atomic E-state index is -0.00451. The summed E-state index contributed by atoms with van der Waals surface area (Å²) in [6, 6.07) is 18.0. The number of rotatable bonds is 4. The van der Waals surface area contributed by atoms with E-state index in [0.29, 0.717) is 17.8 Å². The number of benzene rings is 2. The first-order valence-electron chi connectivity index (χ1n) is 10.6. The maximum Gasteiger partial charge on any atom is 0.160 e. The van der Waals surface area contributed by atoms with Gasteiger partial charge >= 0.3 is 0 Å². The van der Waals surface area contributed by atoms with Gasteiger partial charge in [0.25, 0.3) is 0 Å². The van der Waals surface area contributed by atoms with E-state index >= 15 is 0 Å². The molecule has 0 spiro atoms. The highest BCUT2D eigenvalue weighted by molar-refractivity contribution is 5.26. The van der Waals surface area contributed by atoms with Gasteiger partial charge < -0.3 is 9.47 Å². The van der Waals surface area contributed by atoms with Gasteiger partial charge in [0, 0.05) is 11.8 Å². The zero-order valence-corrected chi connectivity index (χ0v) is 16.7. The molecule has 0 atom stereocenters. The molecule has 0 aromatic heterocycles. The average molecular weight is 365 g/mol. The first-order chi connectivity index (χ1) is 13.2. The molecule has 2 fully saturated rings. The van der Waals surface area contributed by atoms with E-state index in [0.717, 1.165) is 19.6 Å². The lowest BCUT2D eigenvalue weighted by molar-refractivity contribution is -0.217. The molecular formula is C25H32O2. The summed E-state index contributed by atoms with van der Waals surface area (Å²) in [5.74, 6) is 1.63. The van der Waals surface area contributed by atoms with Crippen molar-refractivity contribution in [3.63, 3.8) is 0 Å². The smallest absolute Gasteiger partial charge is 0.160 e. The zero-order valence-electron chi connectivity index (χ0n) is 16.7. The van der Waals surface area contributed by atoms with Crippen molar-refractivity contribution in [3.05, 3.63) is 70.8 Å². The van der Waals surface area contributed by atoms with Crippen LogP contribution < -0.4 is 0 Å². The van der Waals surface area contributed by atoms with Crippen LogP contribution in [0.4, 0.5) is 0 Å². The van der Waals surface area contributed by atoms with Crippen LogP contribution >= 0.6 is 0 Å². The van der Waals surface area contributed by atoms with Gasteiger partial charge in [0.2, 0.25) is 0 Å². The highest BCUT2D eigenvalue weighted by Gasteiger charge is 2.33. The van der Waals surface area contributed by atoms with E-state index in [9.17, 15) is 0 Å². The molecule has 2 aromatic rings. The predicted molar refractivity (Wildman–Crippen MR) is 110 cm³/mol. The second kappa shape index (κ2) is 8.58. The molecule has 2 aliphatic rings. The Morgan fingerprint density at radius 2 is 1.30 bits per heavy atom. The van der Waals surface area contributed by atoms with Crippen molar-refractivity contribution < 1.29 is 9.47 Å². The highest BCUT2D eigenvalue weighted by atomic mass is 16.7. The fourth-order valence-corrected chi connectivity index (χ4v) is 4.57. The van der Waals surface area contributed by atoms with Crippen molar-refractivity contribution in [2.45, 2.75) is 64.1 Å². The van der Waals surface area contributed by atoms with E-state index < -0.39 is 0 Å². The van der Waals surface area contributed by atoms with Gasteiger partial charge in [0.15, 0.2) is 6.29 Å². The highest BCUT2D eigenvalue weighted by Crippen LogP contribution is 2.39. The predicted octanol–water partition coefficient (Wildman–Crippen LogP) is 5.99. The van der Waals surface area contributed by atoms with E-state index in [2.05, 4.69) is 62.4 Å². The molecule has 2 nitrogen and oxygen atoms in total. The quantitative estimate of drug-likeness (QED) is 0.663. The molecule has 0 amide bonds. The Kier molecular flexibility index (Phi) is 5.95. The summed E-state index contributed by atoms with van der Waals surface area (Å²) < 4.78 is 12.4. The van der Waals surface area contributed by atoms with Gasteiger partial charge in [0.05, 0.1) is 13.2 Å². The lowest BCUT2D eigenvalue weighted by Crippen LogP contribution is -2.37. The molecule has 1 saturated heterocycles. The van der Waals surface area contributed by atoms with Crippen LogP contribution in [0.3, 0.4) is 0 Å². The average Bonchev–Trinajstić information content (AvgIpc) is 2.75. The molecule has 1 saturated carbocycles. The Balaban J connectivity index is 1.27. The second-order valence-corrected chi connectivity index (χ2v) is 8.35. The lowest BCUT2D eigenvalue weighted by Gasteiger charge is -2.38. The van der Waals surface area contributed by atoms with Crippen molar-refractivity contribution in [3.8, 4) is 0 Å². The number of hydrogen-bond acceptors (Lipinski definition) is 2. The Hall–Kier alpha value is -1.64. The van der Waals surface area contributed by atoms with Crippen LogP contribution in [0, 0.1) is 12.8 Å². The van der Waals surface area contributed by atoms with E-state index in [1.165, 1.54) is 47.9 Å². The van der Waals surface area contributed by atoms with Gasteiger partial charge in [-0.05, 0) is 61.6 Å². The van der Waals surface area contributed by atoms with Crippen LogP contribution in [0.15, 0.2) is 48.5 Å². The third-order valence-electron chi connectivity index (χ3n) is 6.49. The van der Waals surface area contributed by atoms with Crippen molar-refractivity contribution in [2.24, 2.45) is 5.92 Å². The summed E-state index contributed by atoms with van der Waals surface area (Å²) in [5, 5.41) is 0. The molecular weight excluding hydrogens is 332 g/mol. The maximum atomic E-state index is 6.18. The molecule has 0 N–H and O–H groups in total. The Labute approximate surface area is 163 Å². The first kappa shape index (κ1) is 18.7. The van der Waals surface area contributed by atoms with Crippen LogP contribution in [0.25, 0.3) is 0 Å². The summed E-state index contributed by atoms with van der Waals surface area (Å²) in [4.78, 5) is 0. The summed E-state index contributed by atoms with van der Waals surface area (Å²) in [6.07, 6.45) is 6.00. The van der Waals surface area contributed by atoms with Crippen LogP contribution in [0.5, 0.6) is 0 Å². The Bertz CT molecular complexity index is 703. The second-order valence-electron chi connectivity index (χ2n) is 8.35. The van der Waals surface area contributed by atoms with Gasteiger partial charge in [-0.15, -0.1) is 0 Å². The summed E-state index contributed by atoms with van der Waals surface area (Å²) in [7, 11) is 0. The van der Waals surface area contributed by atoms with Gasteiger partial charge in [-0.2, -0.15) is 0 Å². The minimum absolute atomic E-state index is 0.00451. The zero-order chi connectivity index (χ0) is 18.6. The molecule has 0 unspecified atom stereocenters. The molecule has 0 bridgehead atoms. The molecule has 2 aromatic carbocycles. The number of aryl methyl sites for hydroxylation is 2. The molecule has 0 radical (unpaired) electrons. The van der Waals surface area contributed by atoms with E-state index in [-0.39, 0.29) is 6.29 Å². The third-order valence-corrected chi connectivity index (χ3v) is 6.49. The molecule has 27 heavy (non-hydrogen) atoms. The first-order valence-corrected chi connectivity index (χ1v) is 10.6. The normalized spacial score (nSPS) is 28.8. The Morgan fingerprint density at radius 1 is 0.741 bits per heavy atom. The van der Waals surface area contributed by atoms with Crippen molar-refractivity contribution in [1.29, 1.82) is 0 Å². The van der Waals surface area contributed by atoms with Gasteiger partial charge in [-0.25, -0.2) is 0 Å². The molecule has 1 aliphatic carbocycles. The monoisotopic (exact) mass is 364 g/mol. The van der Waals surface area contributed by atoms with Crippen LogP contribution in [-0.2, 0) is 15.9 Å². The fraction of sp³-hybridized carbons (Fsp3) is 0.520. The third kappa shape index (κ3) is 4.44. The summed E-state index contributed by atoms with van der Waals surface area (Å²) in [5.41, 5.74) is 5.57. The van der Waals surface area contributed by atoms with E-state index in [1.54, 1.807) is 0 Å². The van der Waals surface area contributed by atoms with Gasteiger partial charge in [-0.3, -0.25) is 0 Å². The van der Waals surface area contributed by atoms with Crippen molar-refractivity contribution in [2.75, 3.05) is 13.2 Å². The van der Waals surface area contributed by atoms with Gasteiger partial charge in [-0.1, -0.05) is 61.0 Å². The number of hydrogen-bond donors (Lipinski definition) is 0. The summed E-state index contributed by atoms with van der Waals surface area (Å²) >= 11 is 0. The molecule has 1 aliphatic heterocycles. The van der Waals surface area contributed by atoms with Gasteiger partial charge in [0.1, 0.15) is 0 Å². The molecule has 1 heterocycles. The van der Waals surface area contributed by atoms with E-state index in [4.69, 9.17) is 9.47 Å². The van der Waals surface area contributed by atoms with Crippen LogP contribution in [-0.4, -0.2) is 19.5 Å². The molecule has 4 rings (SSSR count). The Morgan fingerprint density at radius 3 is 1.89 bits per heavy atom. The van der Waals surface area contributed by atoms with Crippen LogP contribution in [0.1, 0.15) is 66.7 Å². The number of ether oxygens (including phenoxy) is 2. The molecule has 144 valence electrons. The maximum absolute atomic E-state index is 6.18. The fourth-order valence-electron chi connectivity index (χ4n) is 4.57.